The van der Waals surface area contributed by atoms with Crippen LogP contribution in [0.15, 0.2) is 30.3 Å². The van der Waals surface area contributed by atoms with Gasteiger partial charge >= 0.3 is 0 Å². The summed E-state index contributed by atoms with van der Waals surface area (Å²) < 4.78 is 7.08. The molecule has 2 aromatic rings. The van der Waals surface area contributed by atoms with Gasteiger partial charge in [0.1, 0.15) is 18.8 Å². The Bertz CT molecular complexity index is 876. The summed E-state index contributed by atoms with van der Waals surface area (Å²) >= 11 is 0. The zero-order chi connectivity index (χ0) is 19.4. The molecule has 0 bridgehead atoms. The van der Waals surface area contributed by atoms with Crippen molar-refractivity contribution in [1.82, 2.24) is 20.6 Å². The molecule has 3 rings (SSSR count). The minimum atomic E-state index is -0.512. The zero-order valence-electron chi connectivity index (χ0n) is 15.2. The third kappa shape index (κ3) is 4.43. The van der Waals surface area contributed by atoms with E-state index >= 15 is 0 Å². The highest BCUT2D eigenvalue weighted by Gasteiger charge is 2.25. The second-order valence-electron chi connectivity index (χ2n) is 6.23. The van der Waals surface area contributed by atoms with Gasteiger partial charge in [-0.2, -0.15) is 5.10 Å². The maximum atomic E-state index is 12.3. The first-order valence-corrected chi connectivity index (χ1v) is 8.55. The molecule has 1 aliphatic rings. The predicted octanol–water partition coefficient (Wildman–Crippen LogP) is 0.463. The number of ether oxygens (including phenoxy) is 1. The summed E-state index contributed by atoms with van der Waals surface area (Å²) in [5.41, 5.74) is 6.87. The second-order valence-corrected chi connectivity index (χ2v) is 6.23. The highest BCUT2D eigenvalue weighted by molar-refractivity contribution is 6.00. The van der Waals surface area contributed by atoms with Crippen LogP contribution in [0.4, 0.5) is 5.69 Å². The summed E-state index contributed by atoms with van der Waals surface area (Å²) in [6.07, 6.45) is 0.173. The molecule has 0 atom stereocenters. The molecule has 2 N–H and O–H groups in total. The van der Waals surface area contributed by atoms with Crippen molar-refractivity contribution in [1.29, 1.82) is 0 Å². The van der Waals surface area contributed by atoms with E-state index in [4.69, 9.17) is 4.74 Å². The Hall–Kier alpha value is -3.36. The van der Waals surface area contributed by atoms with Crippen molar-refractivity contribution in [2.24, 2.45) is 0 Å². The number of hydrogen-bond acceptors (Lipinski definition) is 5. The molecule has 1 aromatic carbocycles. The highest BCUT2D eigenvalue weighted by Crippen LogP contribution is 2.30. The minimum absolute atomic E-state index is 0.0146. The Morgan fingerprint density at radius 3 is 2.56 bits per heavy atom. The topological polar surface area (TPSA) is 106 Å². The van der Waals surface area contributed by atoms with Crippen LogP contribution in [-0.4, -0.2) is 40.7 Å². The number of carbonyl (C=O) groups excluding carboxylic acids is 3. The van der Waals surface area contributed by atoms with Crippen LogP contribution in [0.5, 0.6) is 5.75 Å². The Morgan fingerprint density at radius 1 is 1.15 bits per heavy atom. The van der Waals surface area contributed by atoms with Crippen LogP contribution in [0.25, 0.3) is 0 Å². The van der Waals surface area contributed by atoms with Gasteiger partial charge in [0.05, 0.1) is 24.4 Å². The lowest BCUT2D eigenvalue weighted by Crippen LogP contribution is -2.48. The zero-order valence-corrected chi connectivity index (χ0v) is 15.2. The smallest absolute Gasteiger partial charge is 0.260 e. The Kier molecular flexibility index (Phi) is 5.39. The summed E-state index contributed by atoms with van der Waals surface area (Å²) in [5.74, 6) is -0.601. The van der Waals surface area contributed by atoms with Gasteiger partial charge in [0.2, 0.25) is 5.91 Å². The van der Waals surface area contributed by atoms with Crippen LogP contribution in [-0.2, 0) is 20.9 Å². The number of hydrazine groups is 1. The lowest BCUT2D eigenvalue weighted by atomic mass is 10.2. The molecule has 9 nitrogen and oxygen atoms in total. The van der Waals surface area contributed by atoms with Gasteiger partial charge in [-0.3, -0.25) is 34.8 Å². The molecule has 0 spiro atoms. The van der Waals surface area contributed by atoms with Crippen LogP contribution >= 0.6 is 0 Å². The molecule has 0 saturated heterocycles. The Morgan fingerprint density at radius 2 is 1.85 bits per heavy atom. The molecular weight excluding hydrogens is 350 g/mol. The normalized spacial score (nSPS) is 13.4. The number of anilines is 1. The number of rotatable bonds is 4. The quantitative estimate of drug-likeness (QED) is 0.760. The van der Waals surface area contributed by atoms with E-state index in [9.17, 15) is 14.4 Å². The first-order valence-electron chi connectivity index (χ1n) is 8.55. The van der Waals surface area contributed by atoms with Gasteiger partial charge in [0.15, 0.2) is 0 Å². The number of fused-ring (bicyclic) bond motifs is 1. The van der Waals surface area contributed by atoms with Gasteiger partial charge in [-0.25, -0.2) is 0 Å². The van der Waals surface area contributed by atoms with Gasteiger partial charge in [0, 0.05) is 5.69 Å². The van der Waals surface area contributed by atoms with Gasteiger partial charge in [-0.15, -0.1) is 0 Å². The molecule has 2 heterocycles. The fourth-order valence-corrected chi connectivity index (χ4v) is 2.83. The lowest BCUT2D eigenvalue weighted by Gasteiger charge is -2.21. The average Bonchev–Trinajstić information content (AvgIpc) is 2.86. The number of aryl methyl sites for hydroxylation is 2. The third-order valence-corrected chi connectivity index (χ3v) is 4.07. The van der Waals surface area contributed by atoms with E-state index in [1.807, 2.05) is 19.9 Å². The van der Waals surface area contributed by atoms with Crippen molar-refractivity contribution in [3.8, 4) is 5.75 Å². The van der Waals surface area contributed by atoms with Gasteiger partial charge in [0.25, 0.3) is 11.8 Å². The highest BCUT2D eigenvalue weighted by atomic mass is 16.5. The number of nitrogens with zero attached hydrogens (tertiary/aromatic N) is 3. The fraction of sp³-hybridized carbons (Fsp3) is 0.333. The monoisotopic (exact) mass is 371 g/mol. The molecule has 3 amide bonds. The molecule has 9 heteroatoms. The molecule has 1 aromatic heterocycles. The number of carbonyl (C=O) groups is 3. The largest absolute Gasteiger partial charge is 0.491 e. The SMILES string of the molecule is Cc1cc(C)n(CC(=O)NNC(=O)CN2C(=O)CCOc3ccccc32)n1. The van der Waals surface area contributed by atoms with E-state index in [-0.39, 0.29) is 32.0 Å². The molecule has 142 valence electrons. The average molecular weight is 371 g/mol. The number of amides is 3. The summed E-state index contributed by atoms with van der Waals surface area (Å²) in [7, 11) is 0. The number of benzene rings is 1. The Balaban J connectivity index is 1.58. The lowest BCUT2D eigenvalue weighted by molar-refractivity contribution is -0.129. The Labute approximate surface area is 156 Å². The van der Waals surface area contributed by atoms with Crippen molar-refractivity contribution in [3.05, 3.63) is 41.7 Å². The summed E-state index contributed by atoms with van der Waals surface area (Å²) in [4.78, 5) is 37.9. The van der Waals surface area contributed by atoms with Crippen molar-refractivity contribution in [2.75, 3.05) is 18.1 Å². The summed E-state index contributed by atoms with van der Waals surface area (Å²) in [6.45, 7) is 3.70. The maximum Gasteiger partial charge on any atom is 0.260 e. The fourth-order valence-electron chi connectivity index (χ4n) is 2.83. The van der Waals surface area contributed by atoms with Crippen LogP contribution in [0.2, 0.25) is 0 Å². The van der Waals surface area contributed by atoms with E-state index in [2.05, 4.69) is 16.0 Å². The molecule has 0 unspecified atom stereocenters. The maximum absolute atomic E-state index is 12.3. The predicted molar refractivity (Wildman–Crippen MR) is 96.9 cm³/mol. The molecule has 0 saturated carbocycles. The third-order valence-electron chi connectivity index (χ3n) is 4.07. The molecule has 1 aliphatic heterocycles. The van der Waals surface area contributed by atoms with Gasteiger partial charge in [-0.05, 0) is 32.0 Å². The standard InChI is InChI=1S/C18H21N5O4/c1-12-9-13(2)23(21-12)11-17(25)20-19-16(24)10-22-14-5-3-4-6-15(14)27-8-7-18(22)26/h3-6,9H,7-8,10-11H2,1-2H3,(H,19,24)(H,20,25). The molecule has 0 aliphatic carbocycles. The molecular formula is C18H21N5O4. The number of hydrogen-bond donors (Lipinski definition) is 2. The number of aromatic nitrogens is 2. The summed E-state index contributed by atoms with van der Waals surface area (Å²) in [6, 6.07) is 8.88. The van der Waals surface area contributed by atoms with Crippen LogP contribution in [0.3, 0.4) is 0 Å². The van der Waals surface area contributed by atoms with Crippen molar-refractivity contribution < 1.29 is 19.1 Å². The van der Waals surface area contributed by atoms with E-state index in [1.54, 1.807) is 28.9 Å². The van der Waals surface area contributed by atoms with Gasteiger partial charge < -0.3 is 4.74 Å². The van der Waals surface area contributed by atoms with E-state index in [0.717, 1.165) is 11.4 Å². The first-order chi connectivity index (χ1) is 12.9. The van der Waals surface area contributed by atoms with E-state index < -0.39 is 11.8 Å². The van der Waals surface area contributed by atoms with Crippen molar-refractivity contribution >= 4 is 23.4 Å². The van der Waals surface area contributed by atoms with Gasteiger partial charge in [-0.1, -0.05) is 12.1 Å². The number of para-hydroxylation sites is 2. The summed E-state index contributed by atoms with van der Waals surface area (Å²) in [5, 5.41) is 4.19. The first kappa shape index (κ1) is 18.4. The van der Waals surface area contributed by atoms with Crippen molar-refractivity contribution in [3.63, 3.8) is 0 Å². The van der Waals surface area contributed by atoms with Crippen molar-refractivity contribution in [2.45, 2.75) is 26.8 Å². The van der Waals surface area contributed by atoms with Crippen LogP contribution in [0.1, 0.15) is 17.8 Å². The second kappa shape index (κ2) is 7.90. The van der Waals surface area contributed by atoms with E-state index in [0.29, 0.717) is 11.4 Å². The molecule has 27 heavy (non-hydrogen) atoms. The molecule has 0 radical (unpaired) electrons. The number of nitrogens with one attached hydrogen (secondary N) is 2. The van der Waals surface area contributed by atoms with Crippen LogP contribution in [0, 0.1) is 13.8 Å². The van der Waals surface area contributed by atoms with Crippen LogP contribution < -0.4 is 20.5 Å². The van der Waals surface area contributed by atoms with E-state index in [1.165, 1.54) is 4.90 Å². The molecule has 0 fully saturated rings. The minimum Gasteiger partial charge on any atom is -0.491 e.